The maximum Gasteiger partial charge on any atom is 0.161 e. The first-order chi connectivity index (χ1) is 17.6. The lowest BCUT2D eigenvalue weighted by atomic mass is 10.0. The summed E-state index contributed by atoms with van der Waals surface area (Å²) in [7, 11) is 0. The van der Waals surface area contributed by atoms with Crippen molar-refractivity contribution in [1.82, 2.24) is 0 Å². The molecular formula is C33H48F2O. The van der Waals surface area contributed by atoms with Gasteiger partial charge in [-0.2, -0.15) is 0 Å². The molecular weight excluding hydrogens is 450 g/mol. The van der Waals surface area contributed by atoms with Crippen molar-refractivity contribution in [2.75, 3.05) is 0 Å². The Balaban J connectivity index is 1.66. The van der Waals surface area contributed by atoms with Crippen LogP contribution in [0.1, 0.15) is 127 Å². The van der Waals surface area contributed by atoms with Crippen LogP contribution in [0.15, 0.2) is 54.4 Å². The van der Waals surface area contributed by atoms with E-state index in [1.54, 1.807) is 24.3 Å². The lowest BCUT2D eigenvalue weighted by Gasteiger charge is -2.09. The maximum absolute atomic E-state index is 14.4. The molecule has 0 spiro atoms. The summed E-state index contributed by atoms with van der Waals surface area (Å²) >= 11 is 0. The highest BCUT2D eigenvalue weighted by atomic mass is 19.2. The number of unbranched alkanes of at least 4 members (excludes halogenated alkanes) is 12. The molecule has 0 fully saturated rings. The van der Waals surface area contributed by atoms with E-state index < -0.39 is 11.7 Å². The summed E-state index contributed by atoms with van der Waals surface area (Å²) in [4.78, 5) is 0. The summed E-state index contributed by atoms with van der Waals surface area (Å²) in [5.74, 6) is -0.743. The van der Waals surface area contributed by atoms with E-state index in [1.165, 1.54) is 63.4 Å². The molecule has 0 amide bonds. The summed E-state index contributed by atoms with van der Waals surface area (Å²) in [6, 6.07) is 15.2. The van der Waals surface area contributed by atoms with Gasteiger partial charge in [-0.3, -0.25) is 0 Å². The van der Waals surface area contributed by atoms with Crippen molar-refractivity contribution >= 4 is 5.83 Å². The van der Waals surface area contributed by atoms with Crippen molar-refractivity contribution in [3.8, 4) is 5.75 Å². The third-order valence-corrected chi connectivity index (χ3v) is 6.84. The molecule has 2 aromatic rings. The van der Waals surface area contributed by atoms with Gasteiger partial charge >= 0.3 is 0 Å². The van der Waals surface area contributed by atoms with Gasteiger partial charge in [0.1, 0.15) is 18.2 Å². The summed E-state index contributed by atoms with van der Waals surface area (Å²) < 4.78 is 34.4. The molecule has 200 valence electrons. The first-order valence-corrected chi connectivity index (χ1v) is 14.5. The molecule has 1 nitrogen and oxygen atoms in total. The SMILES string of the molecule is CCCCCCCCCCCc1ccc(COc2ccc(/C(F)=C(\F)CCCCCCC)cc2)cc1. The van der Waals surface area contributed by atoms with Gasteiger partial charge in [0, 0.05) is 12.0 Å². The van der Waals surface area contributed by atoms with Gasteiger partial charge in [0.15, 0.2) is 5.83 Å². The molecule has 0 radical (unpaired) electrons. The van der Waals surface area contributed by atoms with Crippen LogP contribution in [0, 0.1) is 0 Å². The van der Waals surface area contributed by atoms with Gasteiger partial charge in [0.2, 0.25) is 0 Å². The number of hydrogen-bond acceptors (Lipinski definition) is 1. The van der Waals surface area contributed by atoms with E-state index >= 15 is 0 Å². The summed E-state index contributed by atoms with van der Waals surface area (Å²) in [6.07, 6.45) is 18.5. The molecule has 2 rings (SSSR count). The van der Waals surface area contributed by atoms with Gasteiger partial charge in [-0.15, -0.1) is 0 Å². The normalized spacial score (nSPS) is 12.0. The molecule has 0 bridgehead atoms. The Hall–Kier alpha value is -2.16. The molecule has 0 saturated carbocycles. The van der Waals surface area contributed by atoms with Crippen LogP contribution in [0.25, 0.3) is 5.83 Å². The average molecular weight is 499 g/mol. The van der Waals surface area contributed by atoms with E-state index in [2.05, 4.69) is 38.1 Å². The monoisotopic (exact) mass is 498 g/mol. The second kappa shape index (κ2) is 19.0. The predicted octanol–water partition coefficient (Wildman–Crippen LogP) is 11.3. The van der Waals surface area contributed by atoms with E-state index in [1.807, 2.05) is 0 Å². The summed E-state index contributed by atoms with van der Waals surface area (Å²) in [6.45, 7) is 4.87. The summed E-state index contributed by atoms with van der Waals surface area (Å²) in [5, 5.41) is 0. The van der Waals surface area contributed by atoms with Gasteiger partial charge in [0.05, 0.1) is 0 Å². The first kappa shape index (κ1) is 30.1. The molecule has 0 aliphatic carbocycles. The van der Waals surface area contributed by atoms with Crippen LogP contribution < -0.4 is 4.74 Å². The molecule has 0 aromatic heterocycles. The molecule has 0 saturated heterocycles. The predicted molar refractivity (Wildman–Crippen MR) is 151 cm³/mol. The molecule has 36 heavy (non-hydrogen) atoms. The Morgan fingerprint density at radius 1 is 0.583 bits per heavy atom. The molecule has 2 aromatic carbocycles. The van der Waals surface area contributed by atoms with E-state index in [0.717, 1.165) is 37.7 Å². The molecule has 0 heterocycles. The van der Waals surface area contributed by atoms with Crippen molar-refractivity contribution in [2.45, 2.75) is 123 Å². The lowest BCUT2D eigenvalue weighted by molar-refractivity contribution is 0.306. The largest absolute Gasteiger partial charge is 0.489 e. The zero-order valence-corrected chi connectivity index (χ0v) is 22.8. The Morgan fingerprint density at radius 2 is 1.08 bits per heavy atom. The molecule has 0 aliphatic rings. The zero-order valence-electron chi connectivity index (χ0n) is 22.8. The quantitative estimate of drug-likeness (QED) is 0.165. The van der Waals surface area contributed by atoms with Crippen molar-refractivity contribution in [3.05, 3.63) is 71.0 Å². The number of hydrogen-bond donors (Lipinski definition) is 0. The first-order valence-electron chi connectivity index (χ1n) is 14.5. The lowest BCUT2D eigenvalue weighted by Crippen LogP contribution is -1.96. The van der Waals surface area contributed by atoms with Crippen LogP contribution in [0.4, 0.5) is 8.78 Å². The van der Waals surface area contributed by atoms with Gasteiger partial charge in [-0.1, -0.05) is 115 Å². The highest BCUT2D eigenvalue weighted by Gasteiger charge is 2.09. The minimum absolute atomic E-state index is 0.170. The van der Waals surface area contributed by atoms with Crippen LogP contribution in [-0.4, -0.2) is 0 Å². The molecule has 0 aliphatic heterocycles. The van der Waals surface area contributed by atoms with Gasteiger partial charge < -0.3 is 4.74 Å². The number of benzene rings is 2. The Morgan fingerprint density at radius 3 is 1.67 bits per heavy atom. The molecule has 0 atom stereocenters. The molecule has 0 N–H and O–H groups in total. The minimum Gasteiger partial charge on any atom is -0.489 e. The number of aryl methyl sites for hydroxylation is 1. The Bertz CT molecular complexity index is 839. The third-order valence-electron chi connectivity index (χ3n) is 6.84. The second-order valence-corrected chi connectivity index (χ2v) is 10.1. The van der Waals surface area contributed by atoms with Crippen molar-refractivity contribution < 1.29 is 13.5 Å². The maximum atomic E-state index is 14.4. The topological polar surface area (TPSA) is 9.23 Å². The zero-order chi connectivity index (χ0) is 25.8. The Kier molecular flexibility index (Phi) is 15.9. The molecule has 3 heteroatoms. The summed E-state index contributed by atoms with van der Waals surface area (Å²) in [5.41, 5.74) is 2.75. The average Bonchev–Trinajstić information content (AvgIpc) is 2.91. The van der Waals surface area contributed by atoms with E-state index in [-0.39, 0.29) is 12.0 Å². The van der Waals surface area contributed by atoms with E-state index in [0.29, 0.717) is 18.8 Å². The van der Waals surface area contributed by atoms with E-state index in [4.69, 9.17) is 4.74 Å². The smallest absolute Gasteiger partial charge is 0.161 e. The second-order valence-electron chi connectivity index (χ2n) is 10.1. The van der Waals surface area contributed by atoms with Crippen LogP contribution in [0.2, 0.25) is 0 Å². The fourth-order valence-electron chi connectivity index (χ4n) is 4.46. The van der Waals surface area contributed by atoms with Crippen LogP contribution in [0.5, 0.6) is 5.75 Å². The number of allylic oxidation sites excluding steroid dienone is 1. The third kappa shape index (κ3) is 12.7. The van der Waals surface area contributed by atoms with Crippen LogP contribution >= 0.6 is 0 Å². The van der Waals surface area contributed by atoms with Crippen molar-refractivity contribution in [3.63, 3.8) is 0 Å². The van der Waals surface area contributed by atoms with Gasteiger partial charge in [0.25, 0.3) is 0 Å². The van der Waals surface area contributed by atoms with Gasteiger partial charge in [-0.25, -0.2) is 8.78 Å². The van der Waals surface area contributed by atoms with Crippen LogP contribution in [-0.2, 0) is 13.0 Å². The minimum atomic E-state index is -0.750. The van der Waals surface area contributed by atoms with E-state index in [9.17, 15) is 8.78 Å². The highest BCUT2D eigenvalue weighted by Crippen LogP contribution is 2.27. The highest BCUT2D eigenvalue weighted by molar-refractivity contribution is 5.61. The molecule has 0 unspecified atom stereocenters. The fraction of sp³-hybridized carbons (Fsp3) is 0.576. The Labute approximate surface area is 219 Å². The van der Waals surface area contributed by atoms with Crippen LogP contribution in [0.3, 0.4) is 0 Å². The number of ether oxygens (including phenoxy) is 1. The number of rotatable bonds is 20. The number of halogens is 2. The van der Waals surface area contributed by atoms with Crippen molar-refractivity contribution in [2.24, 2.45) is 0 Å². The van der Waals surface area contributed by atoms with Crippen molar-refractivity contribution in [1.29, 1.82) is 0 Å². The standard InChI is InChI=1S/C33H48F2O/c1-3-5-7-9-10-11-12-14-15-17-28-19-21-29(22-20-28)27-36-31-25-23-30(24-26-31)33(35)32(34)18-16-13-8-6-4-2/h19-26H,3-18,27H2,1-2H3/b33-32+. The van der Waals surface area contributed by atoms with Gasteiger partial charge in [-0.05, 0) is 54.7 Å². The fourth-order valence-corrected chi connectivity index (χ4v) is 4.46.